The molecule has 0 radical (unpaired) electrons. The minimum atomic E-state index is -1.21. The number of nitro benzene ring substituents is 3. The number of benzene rings is 1. The monoisotopic (exact) mass is 360 g/mol. The van der Waals surface area contributed by atoms with Gasteiger partial charge < -0.3 is 15.5 Å². The third-order valence-corrected chi connectivity index (χ3v) is 3.03. The van der Waals surface area contributed by atoms with Crippen LogP contribution in [0.5, 0.6) is 5.75 Å². The number of phenolic OH excluding ortho intramolecular Hbond substituents is 1. The largest absolute Gasteiger partial charge is 0.497 e. The first-order valence-electron chi connectivity index (χ1n) is 7.22. The molecule has 3 N–H and O–H groups in total. The van der Waals surface area contributed by atoms with Crippen LogP contribution in [-0.2, 0) is 0 Å². The second-order valence-electron chi connectivity index (χ2n) is 5.17. The maximum Gasteiger partial charge on any atom is 0.324 e. The van der Waals surface area contributed by atoms with Crippen molar-refractivity contribution in [1.29, 1.82) is 0 Å². The van der Waals surface area contributed by atoms with Crippen molar-refractivity contribution in [2.24, 2.45) is 0 Å². The Kier molecular flexibility index (Phi) is 8.94. The number of hydrogen-bond acceptors (Lipinski definition) is 9. The van der Waals surface area contributed by atoms with E-state index >= 15 is 0 Å². The van der Waals surface area contributed by atoms with Gasteiger partial charge in [-0.25, -0.2) is 0 Å². The van der Waals surface area contributed by atoms with Crippen LogP contribution in [0.2, 0.25) is 0 Å². The Morgan fingerprint density at radius 2 is 1.48 bits per heavy atom. The molecular formula is C13H20N4O8. The van der Waals surface area contributed by atoms with Crippen molar-refractivity contribution >= 4 is 17.1 Å². The van der Waals surface area contributed by atoms with Crippen LogP contribution >= 0.6 is 0 Å². The Hall–Kier alpha value is -2.86. The summed E-state index contributed by atoms with van der Waals surface area (Å²) in [5.74, 6) is -1.21. The molecule has 2 atom stereocenters. The van der Waals surface area contributed by atoms with Crippen LogP contribution in [0.4, 0.5) is 17.1 Å². The van der Waals surface area contributed by atoms with Gasteiger partial charge in [0.15, 0.2) is 0 Å². The first kappa shape index (κ1) is 22.1. The van der Waals surface area contributed by atoms with E-state index in [1.54, 1.807) is 6.92 Å². The summed E-state index contributed by atoms with van der Waals surface area (Å²) >= 11 is 0. The molecule has 1 rings (SSSR count). The molecule has 0 aromatic heterocycles. The number of nitrogens with zero attached hydrogens (tertiary/aromatic N) is 3. The van der Waals surface area contributed by atoms with Crippen LogP contribution in [0.25, 0.3) is 0 Å². The number of hydrogen-bond donors (Lipinski definition) is 3. The number of aliphatic hydroxyl groups is 1. The lowest BCUT2D eigenvalue weighted by atomic mass is 10.2. The number of non-ortho nitro benzene ring substituents is 1. The van der Waals surface area contributed by atoms with Gasteiger partial charge >= 0.3 is 11.4 Å². The third kappa shape index (κ3) is 7.50. The first-order valence-corrected chi connectivity index (χ1v) is 7.22. The van der Waals surface area contributed by atoms with Crippen molar-refractivity contribution in [3.8, 4) is 5.75 Å². The van der Waals surface area contributed by atoms with Gasteiger partial charge in [-0.2, -0.15) is 0 Å². The quantitative estimate of drug-likeness (QED) is 0.482. The van der Waals surface area contributed by atoms with Crippen molar-refractivity contribution in [2.75, 3.05) is 6.54 Å². The Bertz CT molecular complexity index is 599. The highest BCUT2D eigenvalue weighted by atomic mass is 16.6. The van der Waals surface area contributed by atoms with Crippen molar-refractivity contribution in [3.05, 3.63) is 42.5 Å². The molecule has 0 spiro atoms. The highest BCUT2D eigenvalue weighted by Crippen LogP contribution is 2.38. The zero-order valence-electron chi connectivity index (χ0n) is 13.9. The lowest BCUT2D eigenvalue weighted by Crippen LogP contribution is -2.31. The number of rotatable bonds is 7. The molecule has 0 aliphatic rings. The van der Waals surface area contributed by atoms with Crippen molar-refractivity contribution < 1.29 is 25.0 Å². The molecule has 0 saturated carbocycles. The van der Waals surface area contributed by atoms with Crippen LogP contribution < -0.4 is 5.32 Å². The van der Waals surface area contributed by atoms with Crippen molar-refractivity contribution in [2.45, 2.75) is 39.3 Å². The molecule has 0 aliphatic heterocycles. The van der Waals surface area contributed by atoms with Crippen LogP contribution in [0.3, 0.4) is 0 Å². The molecule has 0 amide bonds. The lowest BCUT2D eigenvalue weighted by molar-refractivity contribution is -0.404. The van der Waals surface area contributed by atoms with E-state index in [1.165, 1.54) is 0 Å². The smallest absolute Gasteiger partial charge is 0.324 e. The van der Waals surface area contributed by atoms with Gasteiger partial charge in [0.1, 0.15) is 0 Å². The first-order chi connectivity index (χ1) is 11.5. The van der Waals surface area contributed by atoms with Gasteiger partial charge in [0, 0.05) is 12.6 Å². The molecule has 2 unspecified atom stereocenters. The average Bonchev–Trinajstić information content (AvgIpc) is 2.52. The van der Waals surface area contributed by atoms with Gasteiger partial charge in [0.05, 0.1) is 33.0 Å². The molecule has 0 saturated heterocycles. The van der Waals surface area contributed by atoms with Crippen LogP contribution in [0, 0.1) is 30.3 Å². The van der Waals surface area contributed by atoms with E-state index in [0.717, 1.165) is 6.42 Å². The summed E-state index contributed by atoms with van der Waals surface area (Å²) < 4.78 is 0. The van der Waals surface area contributed by atoms with E-state index in [1.807, 2.05) is 0 Å². The number of phenols is 1. The fourth-order valence-electron chi connectivity index (χ4n) is 1.49. The predicted molar refractivity (Wildman–Crippen MR) is 87.5 cm³/mol. The molecule has 25 heavy (non-hydrogen) atoms. The fourth-order valence-corrected chi connectivity index (χ4v) is 1.49. The molecule has 0 bridgehead atoms. The van der Waals surface area contributed by atoms with Crippen LogP contribution in [0.1, 0.15) is 27.2 Å². The van der Waals surface area contributed by atoms with Gasteiger partial charge in [-0.1, -0.05) is 6.92 Å². The Morgan fingerprint density at radius 1 is 1.04 bits per heavy atom. The van der Waals surface area contributed by atoms with Gasteiger partial charge in [-0.05, 0) is 20.3 Å². The summed E-state index contributed by atoms with van der Waals surface area (Å²) in [5, 5.41) is 52.2. The Labute approximate surface area is 142 Å². The van der Waals surface area contributed by atoms with Gasteiger partial charge in [0.2, 0.25) is 0 Å². The molecule has 0 aliphatic carbocycles. The van der Waals surface area contributed by atoms with E-state index < -0.39 is 37.6 Å². The zero-order valence-corrected chi connectivity index (χ0v) is 13.9. The van der Waals surface area contributed by atoms with Crippen molar-refractivity contribution in [1.82, 2.24) is 5.32 Å². The lowest BCUT2D eigenvalue weighted by Gasteiger charge is -2.11. The maximum atomic E-state index is 10.4. The van der Waals surface area contributed by atoms with Gasteiger partial charge in [-0.3, -0.25) is 30.3 Å². The number of aliphatic hydroxyl groups excluding tert-OH is 1. The second kappa shape index (κ2) is 10.1. The minimum Gasteiger partial charge on any atom is -0.497 e. The highest BCUT2D eigenvalue weighted by Gasteiger charge is 2.30. The average molecular weight is 360 g/mol. The Balaban J connectivity index is 0.000000547. The predicted octanol–water partition coefficient (Wildman–Crippen LogP) is 1.87. The normalized spacial score (nSPS) is 12.5. The van der Waals surface area contributed by atoms with E-state index in [0.29, 0.717) is 24.7 Å². The molecular weight excluding hydrogens is 340 g/mol. The molecule has 1 aromatic rings. The molecule has 12 heteroatoms. The summed E-state index contributed by atoms with van der Waals surface area (Å²) in [6.07, 6.45) is 0.895. The topological polar surface area (TPSA) is 182 Å². The number of nitrogens with one attached hydrogen (secondary N) is 1. The minimum absolute atomic E-state index is 0.223. The number of nitro groups is 3. The molecule has 1 aromatic carbocycles. The summed E-state index contributed by atoms with van der Waals surface area (Å²) in [6.45, 7) is 6.73. The molecule has 12 nitrogen and oxygen atoms in total. The summed E-state index contributed by atoms with van der Waals surface area (Å²) in [4.78, 5) is 27.8. The van der Waals surface area contributed by atoms with Gasteiger partial charge in [0.25, 0.3) is 11.4 Å². The standard InChI is InChI=1S/C7H17NO.C6H3N3O7/c1-4-6(2)8-5-7(3)9;10-6-4(8(13)14)1-3(7(11)12)2-5(6)9(15)16/h6-9H,4-5H2,1-3H3;1-2,10H. The second-order valence-corrected chi connectivity index (χ2v) is 5.17. The van der Waals surface area contributed by atoms with E-state index in [4.69, 9.17) is 10.2 Å². The van der Waals surface area contributed by atoms with Crippen molar-refractivity contribution in [3.63, 3.8) is 0 Å². The summed E-state index contributed by atoms with van der Waals surface area (Å²) in [6, 6.07) is 1.42. The third-order valence-electron chi connectivity index (χ3n) is 3.03. The molecule has 0 heterocycles. The zero-order chi connectivity index (χ0) is 19.7. The fraction of sp³-hybridized carbons (Fsp3) is 0.538. The summed E-state index contributed by atoms with van der Waals surface area (Å²) in [5.41, 5.74) is -3.00. The van der Waals surface area contributed by atoms with E-state index in [-0.39, 0.29) is 6.10 Å². The molecule has 0 fully saturated rings. The van der Waals surface area contributed by atoms with E-state index in [9.17, 15) is 30.3 Å². The van der Waals surface area contributed by atoms with E-state index in [2.05, 4.69) is 19.2 Å². The SMILES string of the molecule is CCC(C)NCC(C)O.O=[N+]([O-])c1cc([N+](=O)[O-])c(O)c([N+](=O)[O-])c1. The maximum absolute atomic E-state index is 10.4. The van der Waals surface area contributed by atoms with Crippen LogP contribution in [-0.4, -0.2) is 43.7 Å². The van der Waals surface area contributed by atoms with Crippen LogP contribution in [0.15, 0.2) is 12.1 Å². The van der Waals surface area contributed by atoms with Gasteiger partial charge in [-0.15, -0.1) is 0 Å². The highest BCUT2D eigenvalue weighted by molar-refractivity contribution is 5.64. The summed E-state index contributed by atoms with van der Waals surface area (Å²) in [7, 11) is 0. The molecule has 140 valence electrons. The number of aromatic hydroxyl groups is 1. The Morgan fingerprint density at radius 3 is 1.76 bits per heavy atom.